The van der Waals surface area contributed by atoms with E-state index in [9.17, 15) is 9.59 Å². The van der Waals surface area contributed by atoms with Crippen molar-refractivity contribution in [2.75, 3.05) is 56.7 Å². The second-order valence-corrected chi connectivity index (χ2v) is 9.83. The number of likely N-dealkylation sites (tertiary alicyclic amines) is 1. The molecule has 0 aliphatic carbocycles. The zero-order valence-electron chi connectivity index (χ0n) is 22.0. The lowest BCUT2D eigenvalue weighted by atomic mass is 9.89. The van der Waals surface area contributed by atoms with E-state index in [1.165, 1.54) is 5.56 Å². The molecule has 8 heteroatoms. The van der Waals surface area contributed by atoms with Crippen molar-refractivity contribution >= 4 is 23.3 Å². The van der Waals surface area contributed by atoms with Crippen molar-refractivity contribution in [3.8, 4) is 5.75 Å². The standard InChI is InChI=1S/C30H34N4O4/c1-21-3-4-24(30(36)34-13-11-23(12-14-34)22-5-8-26(37-2)9-6-22)19-27(21)32-29(35)25-7-10-28(31-20-25)33-15-17-38-18-16-33/h3-10,19-20,23H,11-18H2,1-2H3,(H,32,35). The van der Waals surface area contributed by atoms with Gasteiger partial charge in [0.05, 0.1) is 25.9 Å². The number of piperidine rings is 1. The molecule has 0 unspecified atom stereocenters. The molecule has 3 aromatic rings. The van der Waals surface area contributed by atoms with E-state index in [2.05, 4.69) is 27.3 Å². The number of aromatic nitrogens is 1. The SMILES string of the molecule is COc1ccc(C2CCN(C(=O)c3ccc(C)c(NC(=O)c4ccc(N5CCOCC5)nc4)c3)CC2)cc1. The van der Waals surface area contributed by atoms with E-state index in [4.69, 9.17) is 9.47 Å². The van der Waals surface area contributed by atoms with Gasteiger partial charge in [-0.15, -0.1) is 0 Å². The van der Waals surface area contributed by atoms with E-state index >= 15 is 0 Å². The molecule has 3 heterocycles. The maximum atomic E-state index is 13.3. The molecule has 2 amide bonds. The number of hydrogen-bond acceptors (Lipinski definition) is 6. The third kappa shape index (κ3) is 5.81. The first-order valence-electron chi connectivity index (χ1n) is 13.2. The Kier molecular flexibility index (Phi) is 7.89. The number of anilines is 2. The summed E-state index contributed by atoms with van der Waals surface area (Å²) in [5, 5.41) is 2.97. The molecule has 0 radical (unpaired) electrons. The van der Waals surface area contributed by atoms with Gasteiger partial charge in [-0.2, -0.15) is 0 Å². The molecular weight excluding hydrogens is 480 g/mol. The number of nitrogens with one attached hydrogen (secondary N) is 1. The number of hydrogen-bond donors (Lipinski definition) is 1. The Balaban J connectivity index is 1.20. The number of pyridine rings is 1. The van der Waals surface area contributed by atoms with Crippen LogP contribution in [0, 0.1) is 6.92 Å². The molecule has 1 N–H and O–H groups in total. The lowest BCUT2D eigenvalue weighted by Gasteiger charge is -2.32. The van der Waals surface area contributed by atoms with Gasteiger partial charge < -0.3 is 24.6 Å². The summed E-state index contributed by atoms with van der Waals surface area (Å²) in [6, 6.07) is 17.3. The zero-order chi connectivity index (χ0) is 26.5. The first kappa shape index (κ1) is 25.7. The summed E-state index contributed by atoms with van der Waals surface area (Å²) >= 11 is 0. The van der Waals surface area contributed by atoms with E-state index < -0.39 is 0 Å². The van der Waals surface area contributed by atoms with Gasteiger partial charge in [-0.25, -0.2) is 4.98 Å². The molecule has 1 aromatic heterocycles. The summed E-state index contributed by atoms with van der Waals surface area (Å²) in [5.41, 5.74) is 3.86. The minimum absolute atomic E-state index is 0.00906. The molecule has 0 saturated carbocycles. The minimum Gasteiger partial charge on any atom is -0.497 e. The van der Waals surface area contributed by atoms with Crippen molar-refractivity contribution in [2.45, 2.75) is 25.7 Å². The molecule has 2 aliphatic rings. The Bertz CT molecular complexity index is 1260. The van der Waals surface area contributed by atoms with Crippen LogP contribution in [0.1, 0.15) is 50.6 Å². The number of amides is 2. The molecule has 2 aromatic carbocycles. The van der Waals surface area contributed by atoms with Gasteiger partial charge in [0.2, 0.25) is 0 Å². The first-order valence-corrected chi connectivity index (χ1v) is 13.2. The summed E-state index contributed by atoms with van der Waals surface area (Å²) in [6.45, 7) is 6.26. The molecule has 8 nitrogen and oxygen atoms in total. The summed E-state index contributed by atoms with van der Waals surface area (Å²) in [7, 11) is 1.67. The van der Waals surface area contributed by atoms with Crippen LogP contribution in [0.2, 0.25) is 0 Å². The van der Waals surface area contributed by atoms with E-state index in [1.807, 2.05) is 42.2 Å². The van der Waals surface area contributed by atoms with Gasteiger partial charge in [0.25, 0.3) is 11.8 Å². The molecular formula is C30H34N4O4. The topological polar surface area (TPSA) is 84.0 Å². The summed E-state index contributed by atoms with van der Waals surface area (Å²) < 4.78 is 10.7. The van der Waals surface area contributed by atoms with E-state index in [-0.39, 0.29) is 11.8 Å². The van der Waals surface area contributed by atoms with Gasteiger partial charge in [-0.1, -0.05) is 18.2 Å². The van der Waals surface area contributed by atoms with E-state index in [0.717, 1.165) is 43.1 Å². The number of morpholine rings is 1. The van der Waals surface area contributed by atoms with E-state index in [0.29, 0.717) is 49.0 Å². The van der Waals surface area contributed by atoms with Gasteiger partial charge >= 0.3 is 0 Å². The number of methoxy groups -OCH3 is 1. The minimum atomic E-state index is -0.251. The van der Waals surface area contributed by atoms with Crippen molar-refractivity contribution in [1.82, 2.24) is 9.88 Å². The maximum absolute atomic E-state index is 13.3. The molecule has 5 rings (SSSR count). The van der Waals surface area contributed by atoms with Crippen molar-refractivity contribution in [2.24, 2.45) is 0 Å². The number of aryl methyl sites for hydroxylation is 1. The molecule has 38 heavy (non-hydrogen) atoms. The lowest BCUT2D eigenvalue weighted by Crippen LogP contribution is -2.38. The fourth-order valence-electron chi connectivity index (χ4n) is 5.06. The first-order chi connectivity index (χ1) is 18.5. The predicted octanol–water partition coefficient (Wildman–Crippen LogP) is 4.51. The van der Waals surface area contributed by atoms with Crippen LogP contribution in [-0.4, -0.2) is 68.2 Å². The summed E-state index contributed by atoms with van der Waals surface area (Å²) in [4.78, 5) is 34.8. The second kappa shape index (κ2) is 11.6. The van der Waals surface area contributed by atoms with Gasteiger partial charge in [0.1, 0.15) is 11.6 Å². The Morgan fingerprint density at radius 3 is 2.32 bits per heavy atom. The lowest BCUT2D eigenvalue weighted by molar-refractivity contribution is 0.0712. The van der Waals surface area contributed by atoms with Crippen LogP contribution in [0.5, 0.6) is 5.75 Å². The van der Waals surface area contributed by atoms with Crippen LogP contribution in [-0.2, 0) is 4.74 Å². The zero-order valence-corrected chi connectivity index (χ0v) is 22.0. The Morgan fingerprint density at radius 1 is 0.947 bits per heavy atom. The fraction of sp³-hybridized carbons (Fsp3) is 0.367. The van der Waals surface area contributed by atoms with Crippen molar-refractivity contribution in [1.29, 1.82) is 0 Å². The summed E-state index contributed by atoms with van der Waals surface area (Å²) in [5.74, 6) is 1.86. The van der Waals surface area contributed by atoms with Crippen LogP contribution < -0.4 is 15.0 Å². The third-order valence-electron chi connectivity index (χ3n) is 7.45. The van der Waals surface area contributed by atoms with Crippen LogP contribution in [0.3, 0.4) is 0 Å². The van der Waals surface area contributed by atoms with Crippen molar-refractivity contribution in [3.63, 3.8) is 0 Å². The Morgan fingerprint density at radius 2 is 1.66 bits per heavy atom. The largest absolute Gasteiger partial charge is 0.497 e. The molecule has 2 fully saturated rings. The Labute approximate surface area is 223 Å². The number of ether oxygens (including phenoxy) is 2. The number of carbonyl (C=O) groups is 2. The number of nitrogens with zero attached hydrogens (tertiary/aromatic N) is 3. The van der Waals surface area contributed by atoms with E-state index in [1.54, 1.807) is 25.4 Å². The monoisotopic (exact) mass is 514 g/mol. The molecule has 0 bridgehead atoms. The van der Waals surface area contributed by atoms with Crippen LogP contribution in [0.4, 0.5) is 11.5 Å². The smallest absolute Gasteiger partial charge is 0.257 e. The highest BCUT2D eigenvalue weighted by atomic mass is 16.5. The average Bonchev–Trinajstić information content (AvgIpc) is 2.98. The third-order valence-corrected chi connectivity index (χ3v) is 7.45. The van der Waals surface area contributed by atoms with Crippen LogP contribution in [0.25, 0.3) is 0 Å². The maximum Gasteiger partial charge on any atom is 0.257 e. The van der Waals surface area contributed by atoms with Crippen LogP contribution >= 0.6 is 0 Å². The molecule has 2 aliphatic heterocycles. The second-order valence-electron chi connectivity index (χ2n) is 9.83. The van der Waals surface area contributed by atoms with Gasteiger partial charge in [0.15, 0.2) is 0 Å². The quantitative estimate of drug-likeness (QED) is 0.521. The highest BCUT2D eigenvalue weighted by Crippen LogP contribution is 2.30. The number of benzene rings is 2. The summed E-state index contributed by atoms with van der Waals surface area (Å²) in [6.07, 6.45) is 3.43. The average molecular weight is 515 g/mol. The molecule has 0 atom stereocenters. The molecule has 0 spiro atoms. The predicted molar refractivity (Wildman–Crippen MR) is 147 cm³/mol. The number of carbonyl (C=O) groups excluding carboxylic acids is 2. The van der Waals surface area contributed by atoms with Crippen molar-refractivity contribution in [3.05, 3.63) is 83.0 Å². The van der Waals surface area contributed by atoms with Crippen LogP contribution in [0.15, 0.2) is 60.8 Å². The Hall–Kier alpha value is -3.91. The fourth-order valence-corrected chi connectivity index (χ4v) is 5.06. The highest BCUT2D eigenvalue weighted by molar-refractivity contribution is 6.05. The molecule has 2 saturated heterocycles. The normalized spacial score (nSPS) is 16.3. The highest BCUT2D eigenvalue weighted by Gasteiger charge is 2.25. The van der Waals surface area contributed by atoms with Gasteiger partial charge in [-0.3, -0.25) is 9.59 Å². The van der Waals surface area contributed by atoms with Crippen molar-refractivity contribution < 1.29 is 19.1 Å². The molecule has 198 valence electrons. The number of rotatable bonds is 6. The van der Waals surface area contributed by atoms with Gasteiger partial charge in [-0.05, 0) is 73.2 Å². The van der Waals surface area contributed by atoms with Gasteiger partial charge in [0, 0.05) is 43.6 Å².